The highest BCUT2D eigenvalue weighted by Gasteiger charge is 2.24. The second-order valence-electron chi connectivity index (χ2n) is 4.82. The zero-order chi connectivity index (χ0) is 14.4. The topological polar surface area (TPSA) is 77.2 Å². The number of hydrogen-bond acceptors (Lipinski definition) is 4. The average Bonchev–Trinajstić information content (AvgIpc) is 3.00. The molecule has 1 amide bonds. The molecule has 5 heteroatoms. The van der Waals surface area contributed by atoms with Crippen molar-refractivity contribution in [1.82, 2.24) is 10.3 Å². The number of amides is 1. The lowest BCUT2D eigenvalue weighted by atomic mass is 10.0. The molecule has 0 radical (unpaired) electrons. The first kappa shape index (κ1) is 14.5. The molecule has 3 N–H and O–H groups in total. The van der Waals surface area contributed by atoms with Gasteiger partial charge in [0.1, 0.15) is 5.69 Å². The van der Waals surface area contributed by atoms with Crippen LogP contribution in [0.5, 0.6) is 0 Å². The molecule has 0 spiro atoms. The van der Waals surface area contributed by atoms with E-state index >= 15 is 0 Å². The van der Waals surface area contributed by atoms with E-state index in [0.29, 0.717) is 24.8 Å². The zero-order valence-corrected chi connectivity index (χ0v) is 11.6. The number of carbonyl (C=O) groups is 1. The molecule has 2 heterocycles. The van der Waals surface area contributed by atoms with Gasteiger partial charge in [0.25, 0.3) is 5.91 Å². The van der Waals surface area contributed by atoms with Crippen LogP contribution < -0.4 is 11.1 Å². The molecule has 5 nitrogen and oxygen atoms in total. The first-order chi connectivity index (χ1) is 9.70. The van der Waals surface area contributed by atoms with E-state index in [0.717, 1.165) is 18.6 Å². The Balaban J connectivity index is 1.94. The molecular weight excluding hydrogens is 254 g/mol. The second kappa shape index (κ2) is 7.04. The minimum atomic E-state index is -0.164. The zero-order valence-electron chi connectivity index (χ0n) is 11.6. The van der Waals surface area contributed by atoms with Gasteiger partial charge in [-0.2, -0.15) is 0 Å². The quantitative estimate of drug-likeness (QED) is 0.788. The van der Waals surface area contributed by atoms with Gasteiger partial charge in [-0.1, -0.05) is 11.8 Å². The number of rotatable bonds is 3. The Bertz CT molecular complexity index is 510. The molecule has 0 saturated carbocycles. The van der Waals surface area contributed by atoms with Crippen molar-refractivity contribution in [1.29, 1.82) is 0 Å². The van der Waals surface area contributed by atoms with E-state index in [1.807, 2.05) is 6.92 Å². The molecule has 0 bridgehead atoms. The molecular formula is C15H19N3O2. The maximum atomic E-state index is 12.1. The lowest BCUT2D eigenvalue weighted by molar-refractivity contribution is 0.0917. The van der Waals surface area contributed by atoms with Gasteiger partial charge in [-0.05, 0) is 25.5 Å². The van der Waals surface area contributed by atoms with Crippen molar-refractivity contribution >= 4 is 5.91 Å². The van der Waals surface area contributed by atoms with Crippen molar-refractivity contribution in [2.24, 2.45) is 11.7 Å². The molecule has 0 aliphatic carbocycles. The monoisotopic (exact) mass is 273 g/mol. The first-order valence-electron chi connectivity index (χ1n) is 6.74. The van der Waals surface area contributed by atoms with Gasteiger partial charge in [0.2, 0.25) is 0 Å². The Labute approximate surface area is 118 Å². The number of ether oxygens (including phenoxy) is 1. The van der Waals surface area contributed by atoms with Crippen molar-refractivity contribution in [2.45, 2.75) is 19.4 Å². The Morgan fingerprint density at radius 3 is 3.10 bits per heavy atom. The molecule has 2 rings (SSSR count). The molecule has 0 aromatic carbocycles. The van der Waals surface area contributed by atoms with Crippen LogP contribution in [0.25, 0.3) is 0 Å². The second-order valence-corrected chi connectivity index (χ2v) is 4.82. The standard InChI is InChI=1S/C15H19N3O2/c1-11(13-6-8-20-10-13)18-15(19)14-5-4-12(9-17-14)3-2-7-16/h4-5,9,11,13H,6-8,10,16H2,1H3,(H,18,19). The van der Waals surface area contributed by atoms with Gasteiger partial charge in [-0.3, -0.25) is 4.79 Å². The van der Waals surface area contributed by atoms with E-state index in [-0.39, 0.29) is 11.9 Å². The molecule has 1 aliphatic rings. The van der Waals surface area contributed by atoms with Crippen molar-refractivity contribution < 1.29 is 9.53 Å². The number of carbonyl (C=O) groups excluding carboxylic acids is 1. The lowest BCUT2D eigenvalue weighted by Gasteiger charge is -2.18. The summed E-state index contributed by atoms with van der Waals surface area (Å²) >= 11 is 0. The molecule has 1 aromatic heterocycles. The molecule has 1 fully saturated rings. The summed E-state index contributed by atoms with van der Waals surface area (Å²) in [6, 6.07) is 3.53. The third-order valence-electron chi connectivity index (χ3n) is 3.36. The van der Waals surface area contributed by atoms with E-state index in [4.69, 9.17) is 10.5 Å². The predicted molar refractivity (Wildman–Crippen MR) is 76.0 cm³/mol. The molecule has 1 aromatic rings. The fraction of sp³-hybridized carbons (Fsp3) is 0.467. The van der Waals surface area contributed by atoms with E-state index in [9.17, 15) is 4.79 Å². The average molecular weight is 273 g/mol. The highest BCUT2D eigenvalue weighted by molar-refractivity contribution is 5.92. The van der Waals surface area contributed by atoms with Crippen LogP contribution in [-0.4, -0.2) is 36.7 Å². The van der Waals surface area contributed by atoms with Crippen LogP contribution in [-0.2, 0) is 4.74 Å². The molecule has 2 unspecified atom stereocenters. The van der Waals surface area contributed by atoms with Gasteiger partial charge < -0.3 is 15.8 Å². The lowest BCUT2D eigenvalue weighted by Crippen LogP contribution is -2.38. The van der Waals surface area contributed by atoms with Crippen LogP contribution >= 0.6 is 0 Å². The smallest absolute Gasteiger partial charge is 0.270 e. The summed E-state index contributed by atoms with van der Waals surface area (Å²) in [6.07, 6.45) is 2.57. The Hall–Kier alpha value is -1.90. The van der Waals surface area contributed by atoms with Gasteiger partial charge in [-0.25, -0.2) is 4.98 Å². The summed E-state index contributed by atoms with van der Waals surface area (Å²) in [5.41, 5.74) is 6.45. The summed E-state index contributed by atoms with van der Waals surface area (Å²) in [5, 5.41) is 2.96. The number of nitrogens with one attached hydrogen (secondary N) is 1. The normalized spacial score (nSPS) is 19.0. The van der Waals surface area contributed by atoms with Gasteiger partial charge in [0.05, 0.1) is 13.2 Å². The Morgan fingerprint density at radius 2 is 2.50 bits per heavy atom. The van der Waals surface area contributed by atoms with Crippen LogP contribution in [0, 0.1) is 17.8 Å². The van der Waals surface area contributed by atoms with Crippen molar-refractivity contribution in [3.05, 3.63) is 29.6 Å². The molecule has 1 aliphatic heterocycles. The molecule has 2 atom stereocenters. The van der Waals surface area contributed by atoms with Gasteiger partial charge >= 0.3 is 0 Å². The van der Waals surface area contributed by atoms with E-state index in [1.165, 1.54) is 0 Å². The summed E-state index contributed by atoms with van der Waals surface area (Å²) in [7, 11) is 0. The SMILES string of the molecule is CC(NC(=O)c1ccc(C#CCN)cn1)C1CCOC1. The minimum Gasteiger partial charge on any atom is -0.381 e. The number of nitrogens with two attached hydrogens (primary N) is 1. The van der Waals surface area contributed by atoms with Crippen molar-refractivity contribution in [3.8, 4) is 11.8 Å². The van der Waals surface area contributed by atoms with E-state index < -0.39 is 0 Å². The van der Waals surface area contributed by atoms with Crippen molar-refractivity contribution in [2.75, 3.05) is 19.8 Å². The highest BCUT2D eigenvalue weighted by Crippen LogP contribution is 2.16. The number of aromatic nitrogens is 1. The fourth-order valence-corrected chi connectivity index (χ4v) is 2.10. The van der Waals surface area contributed by atoms with Crippen LogP contribution in [0.15, 0.2) is 18.3 Å². The van der Waals surface area contributed by atoms with Crippen LogP contribution in [0.1, 0.15) is 29.4 Å². The van der Waals surface area contributed by atoms with Gasteiger partial charge in [-0.15, -0.1) is 0 Å². The molecule has 1 saturated heterocycles. The summed E-state index contributed by atoms with van der Waals surface area (Å²) in [6.45, 7) is 3.79. The maximum absolute atomic E-state index is 12.1. The van der Waals surface area contributed by atoms with E-state index in [2.05, 4.69) is 22.1 Å². The van der Waals surface area contributed by atoms with Crippen LogP contribution in [0.2, 0.25) is 0 Å². The third kappa shape index (κ3) is 3.80. The minimum absolute atomic E-state index is 0.0866. The number of pyridine rings is 1. The van der Waals surface area contributed by atoms with Crippen molar-refractivity contribution in [3.63, 3.8) is 0 Å². The summed E-state index contributed by atoms with van der Waals surface area (Å²) in [4.78, 5) is 16.2. The van der Waals surface area contributed by atoms with Crippen LogP contribution in [0.3, 0.4) is 0 Å². The Morgan fingerprint density at radius 1 is 1.65 bits per heavy atom. The fourth-order valence-electron chi connectivity index (χ4n) is 2.10. The molecule has 20 heavy (non-hydrogen) atoms. The summed E-state index contributed by atoms with van der Waals surface area (Å²) < 4.78 is 5.33. The third-order valence-corrected chi connectivity index (χ3v) is 3.36. The largest absolute Gasteiger partial charge is 0.381 e. The molecule has 106 valence electrons. The summed E-state index contributed by atoms with van der Waals surface area (Å²) in [5.74, 6) is 5.83. The maximum Gasteiger partial charge on any atom is 0.270 e. The number of hydrogen-bond donors (Lipinski definition) is 2. The Kier molecular flexibility index (Phi) is 5.10. The first-order valence-corrected chi connectivity index (χ1v) is 6.74. The van der Waals surface area contributed by atoms with Crippen LogP contribution in [0.4, 0.5) is 0 Å². The van der Waals surface area contributed by atoms with E-state index in [1.54, 1.807) is 18.3 Å². The predicted octanol–water partition coefficient (Wildman–Crippen LogP) is 0.547. The number of nitrogens with zero attached hydrogens (tertiary/aromatic N) is 1. The highest BCUT2D eigenvalue weighted by atomic mass is 16.5. The van der Waals surface area contributed by atoms with Gasteiger partial charge in [0.15, 0.2) is 0 Å². The van der Waals surface area contributed by atoms with Gasteiger partial charge in [0, 0.05) is 30.3 Å².